The van der Waals surface area contributed by atoms with E-state index >= 15 is 0 Å². The van der Waals surface area contributed by atoms with Crippen molar-refractivity contribution in [2.24, 2.45) is 5.73 Å². The fraction of sp³-hybridized carbons (Fsp3) is 0.727. The van der Waals surface area contributed by atoms with Gasteiger partial charge in [0, 0.05) is 31.9 Å². The van der Waals surface area contributed by atoms with E-state index in [1.807, 2.05) is 20.8 Å². The van der Waals surface area contributed by atoms with Crippen molar-refractivity contribution in [3.05, 3.63) is 12.5 Å². The van der Waals surface area contributed by atoms with Gasteiger partial charge >= 0.3 is 0 Å². The summed E-state index contributed by atoms with van der Waals surface area (Å²) in [4.78, 5) is 3.95. The summed E-state index contributed by atoms with van der Waals surface area (Å²) in [6, 6.07) is 0. The predicted octanol–water partition coefficient (Wildman–Crippen LogP) is 0.651. The van der Waals surface area contributed by atoms with Crippen LogP contribution in [0.2, 0.25) is 0 Å². The Morgan fingerprint density at radius 3 is 2.50 bits per heavy atom. The molecule has 1 aromatic heterocycles. The van der Waals surface area contributed by atoms with E-state index in [4.69, 9.17) is 5.73 Å². The van der Waals surface area contributed by atoms with Crippen molar-refractivity contribution in [2.45, 2.75) is 44.3 Å². The van der Waals surface area contributed by atoms with Gasteiger partial charge in [0.25, 0.3) is 10.0 Å². The van der Waals surface area contributed by atoms with Gasteiger partial charge in [-0.15, -0.1) is 0 Å². The lowest BCUT2D eigenvalue weighted by molar-refractivity contribution is 0.239. The van der Waals surface area contributed by atoms with Crippen LogP contribution in [-0.4, -0.2) is 41.4 Å². The molecule has 0 saturated carbocycles. The van der Waals surface area contributed by atoms with E-state index in [9.17, 15) is 8.42 Å². The standard InChI is InChI=1S/C11H22N4O2S/c1-5-11(3,8-12)14(4)18(16,17)10-7-15(6-2)9-13-10/h7,9H,5-6,8,12H2,1-4H3. The molecule has 0 aromatic carbocycles. The van der Waals surface area contributed by atoms with E-state index in [1.54, 1.807) is 17.8 Å². The number of rotatable bonds is 6. The Morgan fingerprint density at radius 1 is 1.50 bits per heavy atom. The van der Waals surface area contributed by atoms with E-state index < -0.39 is 15.6 Å². The second kappa shape index (κ2) is 5.38. The van der Waals surface area contributed by atoms with Gasteiger partial charge in [-0.2, -0.15) is 4.31 Å². The molecule has 1 rings (SSSR count). The molecule has 0 aliphatic carbocycles. The largest absolute Gasteiger partial charge is 0.336 e. The molecule has 0 bridgehead atoms. The van der Waals surface area contributed by atoms with Gasteiger partial charge in [-0.1, -0.05) is 6.92 Å². The smallest absolute Gasteiger partial charge is 0.262 e. The monoisotopic (exact) mass is 274 g/mol. The molecule has 0 aliphatic rings. The lowest BCUT2D eigenvalue weighted by atomic mass is 10.00. The van der Waals surface area contributed by atoms with Crippen LogP contribution in [0.15, 0.2) is 17.6 Å². The van der Waals surface area contributed by atoms with Crippen LogP contribution in [0.3, 0.4) is 0 Å². The van der Waals surface area contributed by atoms with Crippen molar-refractivity contribution in [2.75, 3.05) is 13.6 Å². The minimum Gasteiger partial charge on any atom is -0.336 e. The van der Waals surface area contributed by atoms with E-state index in [-0.39, 0.29) is 11.6 Å². The van der Waals surface area contributed by atoms with Crippen molar-refractivity contribution in [1.82, 2.24) is 13.9 Å². The van der Waals surface area contributed by atoms with E-state index in [0.717, 1.165) is 0 Å². The molecule has 0 spiro atoms. The first-order chi connectivity index (χ1) is 8.31. The molecule has 0 aliphatic heterocycles. The number of imidazole rings is 1. The van der Waals surface area contributed by atoms with Crippen molar-refractivity contribution in [3.8, 4) is 0 Å². The second-order valence-electron chi connectivity index (χ2n) is 4.57. The summed E-state index contributed by atoms with van der Waals surface area (Å²) in [6.45, 7) is 6.64. The Balaban J connectivity index is 3.14. The summed E-state index contributed by atoms with van der Waals surface area (Å²) in [5.74, 6) is 0. The highest BCUT2D eigenvalue weighted by molar-refractivity contribution is 7.89. The molecule has 0 fully saturated rings. The molecular formula is C11H22N4O2S. The maximum absolute atomic E-state index is 12.4. The zero-order valence-electron chi connectivity index (χ0n) is 11.4. The Hall–Kier alpha value is -0.920. The highest BCUT2D eigenvalue weighted by atomic mass is 32.2. The van der Waals surface area contributed by atoms with E-state index in [0.29, 0.717) is 13.0 Å². The summed E-state index contributed by atoms with van der Waals surface area (Å²) in [5.41, 5.74) is 5.10. The molecular weight excluding hydrogens is 252 g/mol. The van der Waals surface area contributed by atoms with E-state index in [2.05, 4.69) is 4.98 Å². The number of hydrogen-bond acceptors (Lipinski definition) is 4. The fourth-order valence-electron chi connectivity index (χ4n) is 1.57. The van der Waals surface area contributed by atoms with Crippen LogP contribution in [0.1, 0.15) is 27.2 Å². The molecule has 104 valence electrons. The third-order valence-corrected chi connectivity index (χ3v) is 5.46. The summed E-state index contributed by atoms with van der Waals surface area (Å²) < 4.78 is 27.9. The molecule has 6 nitrogen and oxygen atoms in total. The van der Waals surface area contributed by atoms with Gasteiger partial charge in [-0.25, -0.2) is 13.4 Å². The first-order valence-electron chi connectivity index (χ1n) is 6.02. The molecule has 1 heterocycles. The summed E-state index contributed by atoms with van der Waals surface area (Å²) >= 11 is 0. The van der Waals surface area contributed by atoms with Gasteiger partial charge in [-0.05, 0) is 20.3 Å². The maximum Gasteiger partial charge on any atom is 0.262 e. The molecule has 1 aromatic rings. The number of aryl methyl sites for hydroxylation is 1. The molecule has 1 unspecified atom stereocenters. The summed E-state index contributed by atoms with van der Waals surface area (Å²) in [6.07, 6.45) is 3.71. The van der Waals surface area contributed by atoms with Crippen LogP contribution in [0.5, 0.6) is 0 Å². The normalized spacial score (nSPS) is 15.9. The van der Waals surface area contributed by atoms with Crippen molar-refractivity contribution in [3.63, 3.8) is 0 Å². The van der Waals surface area contributed by atoms with Crippen molar-refractivity contribution >= 4 is 10.0 Å². The molecule has 2 N–H and O–H groups in total. The quantitative estimate of drug-likeness (QED) is 0.826. The summed E-state index contributed by atoms with van der Waals surface area (Å²) in [7, 11) is -2.04. The second-order valence-corrected chi connectivity index (χ2v) is 6.49. The van der Waals surface area contributed by atoms with Crippen LogP contribution in [0, 0.1) is 0 Å². The highest BCUT2D eigenvalue weighted by Crippen LogP contribution is 2.23. The molecule has 0 amide bonds. The third-order valence-electron chi connectivity index (χ3n) is 3.56. The van der Waals surface area contributed by atoms with Crippen LogP contribution < -0.4 is 5.73 Å². The SMILES string of the molecule is CCn1cnc(S(=O)(=O)N(C)C(C)(CC)CN)c1. The van der Waals surface area contributed by atoms with Crippen LogP contribution in [-0.2, 0) is 16.6 Å². The number of nitrogens with zero attached hydrogens (tertiary/aromatic N) is 3. The number of likely N-dealkylation sites (N-methyl/N-ethyl adjacent to an activating group) is 1. The maximum atomic E-state index is 12.4. The first-order valence-corrected chi connectivity index (χ1v) is 7.46. The predicted molar refractivity (Wildman–Crippen MR) is 70.6 cm³/mol. The molecule has 7 heteroatoms. The minimum atomic E-state index is -3.59. The highest BCUT2D eigenvalue weighted by Gasteiger charge is 2.36. The van der Waals surface area contributed by atoms with Gasteiger partial charge in [-0.3, -0.25) is 0 Å². The topological polar surface area (TPSA) is 81.2 Å². The van der Waals surface area contributed by atoms with Gasteiger partial charge in [0.15, 0.2) is 5.03 Å². The van der Waals surface area contributed by atoms with Crippen LogP contribution in [0.25, 0.3) is 0 Å². The zero-order chi connectivity index (χ0) is 14.0. The Kier molecular flexibility index (Phi) is 4.52. The number of nitrogens with two attached hydrogens (primary N) is 1. The van der Waals surface area contributed by atoms with Gasteiger partial charge in [0.2, 0.25) is 0 Å². The lowest BCUT2D eigenvalue weighted by Gasteiger charge is -2.35. The van der Waals surface area contributed by atoms with Gasteiger partial charge < -0.3 is 10.3 Å². The third kappa shape index (κ3) is 2.57. The first kappa shape index (κ1) is 15.1. The average molecular weight is 274 g/mol. The Labute approximate surface area is 109 Å². The fourth-order valence-corrected chi connectivity index (χ4v) is 3.09. The van der Waals surface area contributed by atoms with Crippen LogP contribution >= 0.6 is 0 Å². The zero-order valence-corrected chi connectivity index (χ0v) is 12.2. The summed E-state index contributed by atoms with van der Waals surface area (Å²) in [5, 5.41) is 0.0694. The number of sulfonamides is 1. The van der Waals surface area contributed by atoms with Crippen molar-refractivity contribution in [1.29, 1.82) is 0 Å². The van der Waals surface area contributed by atoms with E-state index in [1.165, 1.54) is 10.6 Å². The molecule has 1 atom stereocenters. The lowest BCUT2D eigenvalue weighted by Crippen LogP contribution is -2.51. The Bertz CT molecular complexity index is 491. The Morgan fingerprint density at radius 2 is 2.11 bits per heavy atom. The molecule has 0 radical (unpaired) electrons. The van der Waals surface area contributed by atoms with Gasteiger partial charge in [0.1, 0.15) is 0 Å². The molecule has 0 saturated heterocycles. The van der Waals surface area contributed by atoms with Crippen molar-refractivity contribution < 1.29 is 8.42 Å². The number of hydrogen-bond donors (Lipinski definition) is 1. The number of aromatic nitrogens is 2. The van der Waals surface area contributed by atoms with Gasteiger partial charge in [0.05, 0.1) is 6.33 Å². The minimum absolute atomic E-state index is 0.0694. The van der Waals surface area contributed by atoms with Crippen LogP contribution in [0.4, 0.5) is 0 Å². The molecule has 18 heavy (non-hydrogen) atoms. The average Bonchev–Trinajstić information content (AvgIpc) is 2.86.